The highest BCUT2D eigenvalue weighted by molar-refractivity contribution is 9.10. The molecule has 0 saturated heterocycles. The number of ether oxygens (including phenoxy) is 2. The molecule has 2 aromatic rings. The molecule has 0 unspecified atom stereocenters. The van der Waals surface area contributed by atoms with Crippen LogP contribution in [0.4, 0.5) is 4.39 Å². The van der Waals surface area contributed by atoms with Gasteiger partial charge in [-0.2, -0.15) is 0 Å². The summed E-state index contributed by atoms with van der Waals surface area (Å²) in [5.74, 6) is 0.480. The first kappa shape index (κ1) is 11.8. The van der Waals surface area contributed by atoms with Crippen LogP contribution in [0.1, 0.15) is 0 Å². The topological polar surface area (TPSA) is 44.2 Å². The maximum Gasteiger partial charge on any atom is 0.223 e. The van der Waals surface area contributed by atoms with Crippen LogP contribution in [0.5, 0.6) is 17.4 Å². The molecule has 0 fully saturated rings. The van der Waals surface area contributed by atoms with E-state index in [4.69, 9.17) is 9.47 Å². The minimum absolute atomic E-state index is 0.121. The molecular formula is C11H8BrFN2O2. The Morgan fingerprint density at radius 3 is 2.76 bits per heavy atom. The maximum atomic E-state index is 13.2. The van der Waals surface area contributed by atoms with Crippen molar-refractivity contribution >= 4 is 15.9 Å². The molecule has 1 aromatic carbocycles. The molecule has 4 nitrogen and oxygen atoms in total. The second-order valence-corrected chi connectivity index (χ2v) is 3.89. The molecule has 0 atom stereocenters. The summed E-state index contributed by atoms with van der Waals surface area (Å²) in [7, 11) is 1.39. The van der Waals surface area contributed by atoms with Gasteiger partial charge in [0.1, 0.15) is 16.7 Å². The van der Waals surface area contributed by atoms with Gasteiger partial charge in [0.15, 0.2) is 11.6 Å². The predicted octanol–water partition coefficient (Wildman–Crippen LogP) is 3.18. The van der Waals surface area contributed by atoms with E-state index in [1.54, 1.807) is 6.07 Å². The van der Waals surface area contributed by atoms with E-state index in [-0.39, 0.29) is 5.75 Å². The summed E-state index contributed by atoms with van der Waals surface area (Å²) in [6.45, 7) is 0. The lowest BCUT2D eigenvalue weighted by Crippen LogP contribution is -1.92. The zero-order valence-corrected chi connectivity index (χ0v) is 10.4. The van der Waals surface area contributed by atoms with Crippen LogP contribution in [0, 0.1) is 5.82 Å². The number of halogens is 2. The molecule has 2 rings (SSSR count). The molecule has 88 valence electrons. The summed E-state index contributed by atoms with van der Waals surface area (Å²) >= 11 is 3.20. The monoisotopic (exact) mass is 298 g/mol. The third kappa shape index (κ3) is 2.91. The standard InChI is InChI=1S/C11H8BrFN2O2/c1-16-9-4-7(2-3-8(9)13)17-11-5-10(12)14-6-15-11/h2-6H,1H3. The van der Waals surface area contributed by atoms with Crippen LogP contribution in [0.2, 0.25) is 0 Å². The summed E-state index contributed by atoms with van der Waals surface area (Å²) in [4.78, 5) is 7.79. The average Bonchev–Trinajstić information content (AvgIpc) is 2.32. The lowest BCUT2D eigenvalue weighted by molar-refractivity contribution is 0.380. The van der Waals surface area contributed by atoms with Gasteiger partial charge in [-0.25, -0.2) is 14.4 Å². The largest absolute Gasteiger partial charge is 0.494 e. The zero-order chi connectivity index (χ0) is 12.3. The summed E-state index contributed by atoms with van der Waals surface area (Å²) in [6, 6.07) is 5.82. The van der Waals surface area contributed by atoms with Crippen LogP contribution in [-0.4, -0.2) is 17.1 Å². The van der Waals surface area contributed by atoms with Crippen LogP contribution in [0.15, 0.2) is 35.2 Å². The lowest BCUT2D eigenvalue weighted by atomic mass is 10.3. The molecule has 0 aliphatic carbocycles. The van der Waals surface area contributed by atoms with Gasteiger partial charge in [-0.05, 0) is 28.1 Å². The highest BCUT2D eigenvalue weighted by Gasteiger charge is 2.06. The van der Waals surface area contributed by atoms with E-state index in [1.165, 1.54) is 31.6 Å². The average molecular weight is 299 g/mol. The predicted molar refractivity (Wildman–Crippen MR) is 62.8 cm³/mol. The van der Waals surface area contributed by atoms with E-state index >= 15 is 0 Å². The quantitative estimate of drug-likeness (QED) is 0.817. The van der Waals surface area contributed by atoms with E-state index < -0.39 is 5.82 Å². The Morgan fingerprint density at radius 2 is 2.06 bits per heavy atom. The fourth-order valence-corrected chi connectivity index (χ4v) is 1.48. The Balaban J connectivity index is 2.24. The first-order chi connectivity index (χ1) is 8.19. The molecule has 0 aliphatic heterocycles. The number of nitrogens with zero attached hydrogens (tertiary/aromatic N) is 2. The number of aromatic nitrogens is 2. The van der Waals surface area contributed by atoms with Crippen molar-refractivity contribution in [3.8, 4) is 17.4 Å². The fraction of sp³-hybridized carbons (Fsp3) is 0.0909. The van der Waals surface area contributed by atoms with E-state index in [1.807, 2.05) is 0 Å². The number of benzene rings is 1. The van der Waals surface area contributed by atoms with Crippen molar-refractivity contribution in [2.45, 2.75) is 0 Å². The van der Waals surface area contributed by atoms with Gasteiger partial charge in [-0.15, -0.1) is 0 Å². The van der Waals surface area contributed by atoms with Gasteiger partial charge < -0.3 is 9.47 Å². The van der Waals surface area contributed by atoms with Crippen molar-refractivity contribution in [2.24, 2.45) is 0 Å². The van der Waals surface area contributed by atoms with Crippen molar-refractivity contribution in [1.29, 1.82) is 0 Å². The SMILES string of the molecule is COc1cc(Oc2cc(Br)ncn2)ccc1F. The second kappa shape index (κ2) is 5.09. The fourth-order valence-electron chi connectivity index (χ4n) is 1.20. The van der Waals surface area contributed by atoms with E-state index in [2.05, 4.69) is 25.9 Å². The van der Waals surface area contributed by atoms with Gasteiger partial charge in [0.2, 0.25) is 5.88 Å². The Kier molecular flexibility index (Phi) is 3.53. The van der Waals surface area contributed by atoms with Crippen LogP contribution in [0.25, 0.3) is 0 Å². The summed E-state index contributed by atoms with van der Waals surface area (Å²) < 4.78 is 24.0. The van der Waals surface area contributed by atoms with Crippen molar-refractivity contribution in [1.82, 2.24) is 9.97 Å². The molecule has 0 spiro atoms. The maximum absolute atomic E-state index is 13.2. The third-order valence-corrected chi connectivity index (χ3v) is 2.39. The molecular weight excluding hydrogens is 291 g/mol. The molecule has 1 heterocycles. The summed E-state index contributed by atoms with van der Waals surface area (Å²) in [5, 5.41) is 0. The van der Waals surface area contributed by atoms with Gasteiger partial charge in [0, 0.05) is 12.1 Å². The molecule has 0 amide bonds. The molecule has 0 bridgehead atoms. The van der Waals surface area contributed by atoms with Crippen molar-refractivity contribution in [2.75, 3.05) is 7.11 Å². The minimum atomic E-state index is -0.441. The third-order valence-electron chi connectivity index (χ3n) is 1.95. The Morgan fingerprint density at radius 1 is 1.24 bits per heavy atom. The van der Waals surface area contributed by atoms with Crippen LogP contribution in [-0.2, 0) is 0 Å². The molecule has 1 aromatic heterocycles. The number of hydrogen-bond donors (Lipinski definition) is 0. The molecule has 17 heavy (non-hydrogen) atoms. The van der Waals surface area contributed by atoms with Crippen LogP contribution in [0.3, 0.4) is 0 Å². The van der Waals surface area contributed by atoms with E-state index in [9.17, 15) is 4.39 Å². The molecule has 0 aliphatic rings. The first-order valence-electron chi connectivity index (χ1n) is 4.68. The van der Waals surface area contributed by atoms with Gasteiger partial charge in [-0.3, -0.25) is 0 Å². The van der Waals surface area contributed by atoms with E-state index in [0.717, 1.165) is 0 Å². The van der Waals surface area contributed by atoms with Gasteiger partial charge in [0.25, 0.3) is 0 Å². The summed E-state index contributed by atoms with van der Waals surface area (Å²) in [6.07, 6.45) is 1.36. The minimum Gasteiger partial charge on any atom is -0.494 e. The normalized spacial score (nSPS) is 10.1. The number of rotatable bonds is 3. The Hall–Kier alpha value is -1.69. The highest BCUT2D eigenvalue weighted by Crippen LogP contribution is 2.26. The number of methoxy groups -OCH3 is 1. The lowest BCUT2D eigenvalue weighted by Gasteiger charge is -2.07. The molecule has 0 saturated carbocycles. The Bertz CT molecular complexity index is 537. The zero-order valence-electron chi connectivity index (χ0n) is 8.85. The second-order valence-electron chi connectivity index (χ2n) is 3.08. The summed E-state index contributed by atoms with van der Waals surface area (Å²) in [5.41, 5.74) is 0. The first-order valence-corrected chi connectivity index (χ1v) is 5.47. The Labute approximate surface area is 106 Å². The molecule has 0 radical (unpaired) electrons. The number of hydrogen-bond acceptors (Lipinski definition) is 4. The van der Waals surface area contributed by atoms with Crippen LogP contribution >= 0.6 is 15.9 Å². The molecule has 0 N–H and O–H groups in total. The molecule has 6 heteroatoms. The smallest absolute Gasteiger partial charge is 0.223 e. The van der Waals surface area contributed by atoms with Gasteiger partial charge in [-0.1, -0.05) is 0 Å². The van der Waals surface area contributed by atoms with Crippen molar-refractivity contribution in [3.05, 3.63) is 41.0 Å². The van der Waals surface area contributed by atoms with Crippen LogP contribution < -0.4 is 9.47 Å². The van der Waals surface area contributed by atoms with Gasteiger partial charge >= 0.3 is 0 Å². The van der Waals surface area contributed by atoms with Gasteiger partial charge in [0.05, 0.1) is 7.11 Å². The van der Waals surface area contributed by atoms with E-state index in [0.29, 0.717) is 16.2 Å². The highest BCUT2D eigenvalue weighted by atomic mass is 79.9. The van der Waals surface area contributed by atoms with Crippen molar-refractivity contribution < 1.29 is 13.9 Å². The van der Waals surface area contributed by atoms with Crippen molar-refractivity contribution in [3.63, 3.8) is 0 Å².